The molecule has 0 radical (unpaired) electrons. The van der Waals surface area contributed by atoms with Crippen molar-refractivity contribution in [2.45, 2.75) is 31.8 Å². The normalized spacial score (nSPS) is 19.9. The van der Waals surface area contributed by atoms with Crippen LogP contribution in [0.3, 0.4) is 0 Å². The minimum absolute atomic E-state index is 0.140. The lowest BCUT2D eigenvalue weighted by Crippen LogP contribution is -2.35. The second-order valence-electron chi connectivity index (χ2n) is 5.93. The summed E-state index contributed by atoms with van der Waals surface area (Å²) in [6.07, 6.45) is 0.982. The fraction of sp³-hybridized carbons (Fsp3) is 0.333. The van der Waals surface area contributed by atoms with Gasteiger partial charge in [-0.05, 0) is 44.0 Å². The third kappa shape index (κ3) is 2.38. The average Bonchev–Trinajstić information content (AvgIpc) is 2.45. The fourth-order valence-corrected chi connectivity index (χ4v) is 2.94. The van der Waals surface area contributed by atoms with Crippen LogP contribution in [0.2, 0.25) is 0 Å². The van der Waals surface area contributed by atoms with Gasteiger partial charge in [0.15, 0.2) is 0 Å². The maximum atomic E-state index is 6.09. The van der Waals surface area contributed by atoms with Gasteiger partial charge in [-0.15, -0.1) is 0 Å². The van der Waals surface area contributed by atoms with Crippen LogP contribution in [0.5, 0.6) is 11.5 Å². The van der Waals surface area contributed by atoms with Crippen molar-refractivity contribution in [2.24, 2.45) is 0 Å². The maximum Gasteiger partial charge on any atom is 0.123 e. The molecule has 0 spiro atoms. The van der Waals surface area contributed by atoms with E-state index in [4.69, 9.17) is 9.47 Å². The van der Waals surface area contributed by atoms with Gasteiger partial charge in [-0.25, -0.2) is 0 Å². The van der Waals surface area contributed by atoms with Crippen LogP contribution in [0.1, 0.15) is 37.3 Å². The van der Waals surface area contributed by atoms with Crippen LogP contribution >= 0.6 is 0 Å². The fourth-order valence-electron chi connectivity index (χ4n) is 2.94. The Morgan fingerprint density at radius 2 is 1.75 bits per heavy atom. The summed E-state index contributed by atoms with van der Waals surface area (Å²) in [5.74, 6) is 2.28. The van der Waals surface area contributed by atoms with Gasteiger partial charge in [-0.3, -0.25) is 0 Å². The first-order valence-electron chi connectivity index (χ1n) is 7.01. The number of ether oxygens (including phenoxy) is 2. The molecule has 0 aromatic heterocycles. The zero-order valence-corrected chi connectivity index (χ0v) is 12.2. The standard InChI is InChI=1S/C18H20O2/c1-18(2)12-16(13-8-10-14(19-3)11-9-13)15-6-4-5-7-17(15)20-18/h4-11,16H,12H2,1-3H3. The van der Waals surface area contributed by atoms with Gasteiger partial charge in [0.2, 0.25) is 0 Å². The van der Waals surface area contributed by atoms with Gasteiger partial charge < -0.3 is 9.47 Å². The van der Waals surface area contributed by atoms with Crippen LogP contribution in [0.4, 0.5) is 0 Å². The first-order chi connectivity index (χ1) is 9.59. The van der Waals surface area contributed by atoms with E-state index in [-0.39, 0.29) is 5.60 Å². The van der Waals surface area contributed by atoms with Gasteiger partial charge in [0.05, 0.1) is 7.11 Å². The van der Waals surface area contributed by atoms with Crippen molar-refractivity contribution in [2.75, 3.05) is 7.11 Å². The molecule has 2 heteroatoms. The van der Waals surface area contributed by atoms with Crippen molar-refractivity contribution in [1.29, 1.82) is 0 Å². The lowest BCUT2D eigenvalue weighted by Gasteiger charge is -2.38. The third-order valence-corrected chi connectivity index (χ3v) is 3.89. The molecule has 0 saturated heterocycles. The Hall–Kier alpha value is -1.96. The molecule has 20 heavy (non-hydrogen) atoms. The molecule has 0 fully saturated rings. The highest BCUT2D eigenvalue weighted by Crippen LogP contribution is 2.44. The number of benzene rings is 2. The van der Waals surface area contributed by atoms with Crippen LogP contribution in [-0.4, -0.2) is 12.7 Å². The predicted molar refractivity (Wildman–Crippen MR) is 80.6 cm³/mol. The second-order valence-corrected chi connectivity index (χ2v) is 5.93. The Morgan fingerprint density at radius 1 is 1.05 bits per heavy atom. The molecule has 0 bridgehead atoms. The van der Waals surface area contributed by atoms with Gasteiger partial charge in [0.25, 0.3) is 0 Å². The van der Waals surface area contributed by atoms with Gasteiger partial charge in [0, 0.05) is 11.5 Å². The quantitative estimate of drug-likeness (QED) is 0.804. The molecule has 2 aromatic carbocycles. The highest BCUT2D eigenvalue weighted by atomic mass is 16.5. The molecule has 1 aliphatic heterocycles. The largest absolute Gasteiger partial charge is 0.497 e. The summed E-state index contributed by atoms with van der Waals surface area (Å²) in [6, 6.07) is 16.7. The molecule has 104 valence electrons. The number of para-hydroxylation sites is 1. The molecular weight excluding hydrogens is 248 g/mol. The Balaban J connectivity index is 2.03. The summed E-state index contributed by atoms with van der Waals surface area (Å²) in [7, 11) is 1.70. The summed E-state index contributed by atoms with van der Waals surface area (Å²) in [5, 5.41) is 0. The number of hydrogen-bond acceptors (Lipinski definition) is 2. The van der Waals surface area contributed by atoms with E-state index >= 15 is 0 Å². The van der Waals surface area contributed by atoms with Crippen molar-refractivity contribution >= 4 is 0 Å². The first kappa shape index (κ1) is 13.0. The molecule has 1 aliphatic rings. The molecule has 0 N–H and O–H groups in total. The Bertz CT molecular complexity index is 599. The van der Waals surface area contributed by atoms with Crippen LogP contribution in [-0.2, 0) is 0 Å². The Morgan fingerprint density at radius 3 is 2.45 bits per heavy atom. The molecule has 1 atom stereocenters. The predicted octanol–water partition coefficient (Wildman–Crippen LogP) is 4.39. The van der Waals surface area contributed by atoms with E-state index in [2.05, 4.69) is 44.2 Å². The average molecular weight is 268 g/mol. The molecule has 2 nitrogen and oxygen atoms in total. The maximum absolute atomic E-state index is 6.09. The highest BCUT2D eigenvalue weighted by molar-refractivity contribution is 5.45. The van der Waals surface area contributed by atoms with Crippen LogP contribution < -0.4 is 9.47 Å². The van der Waals surface area contributed by atoms with E-state index in [1.807, 2.05) is 18.2 Å². The zero-order chi connectivity index (χ0) is 14.2. The number of rotatable bonds is 2. The lowest BCUT2D eigenvalue weighted by molar-refractivity contribution is 0.0774. The van der Waals surface area contributed by atoms with E-state index < -0.39 is 0 Å². The summed E-state index contributed by atoms with van der Waals surface area (Å²) in [4.78, 5) is 0. The topological polar surface area (TPSA) is 18.5 Å². The van der Waals surface area contributed by atoms with Crippen LogP contribution in [0.25, 0.3) is 0 Å². The van der Waals surface area contributed by atoms with Crippen LogP contribution in [0.15, 0.2) is 48.5 Å². The monoisotopic (exact) mass is 268 g/mol. The Kier molecular flexibility index (Phi) is 3.17. The van der Waals surface area contributed by atoms with Gasteiger partial charge in [-0.1, -0.05) is 30.3 Å². The van der Waals surface area contributed by atoms with E-state index in [1.165, 1.54) is 11.1 Å². The van der Waals surface area contributed by atoms with Gasteiger partial charge in [-0.2, -0.15) is 0 Å². The van der Waals surface area contributed by atoms with E-state index in [0.29, 0.717) is 5.92 Å². The number of methoxy groups -OCH3 is 1. The van der Waals surface area contributed by atoms with Crippen molar-refractivity contribution < 1.29 is 9.47 Å². The van der Waals surface area contributed by atoms with Crippen LogP contribution in [0, 0.1) is 0 Å². The summed E-state index contributed by atoms with van der Waals surface area (Å²) >= 11 is 0. The molecule has 0 saturated carbocycles. The van der Waals surface area contributed by atoms with E-state index in [0.717, 1.165) is 17.9 Å². The molecule has 0 aliphatic carbocycles. The first-order valence-corrected chi connectivity index (χ1v) is 7.01. The molecule has 1 unspecified atom stereocenters. The second kappa shape index (κ2) is 4.86. The van der Waals surface area contributed by atoms with E-state index in [9.17, 15) is 0 Å². The zero-order valence-electron chi connectivity index (χ0n) is 12.2. The molecule has 1 heterocycles. The summed E-state index contributed by atoms with van der Waals surface area (Å²) in [5.41, 5.74) is 2.45. The van der Waals surface area contributed by atoms with Crippen molar-refractivity contribution in [3.63, 3.8) is 0 Å². The van der Waals surface area contributed by atoms with Gasteiger partial charge in [0.1, 0.15) is 17.1 Å². The SMILES string of the molecule is COc1ccc(C2CC(C)(C)Oc3ccccc32)cc1. The van der Waals surface area contributed by atoms with Crippen molar-refractivity contribution in [3.05, 3.63) is 59.7 Å². The van der Waals surface area contributed by atoms with Crippen molar-refractivity contribution in [1.82, 2.24) is 0 Å². The number of hydrogen-bond donors (Lipinski definition) is 0. The third-order valence-electron chi connectivity index (χ3n) is 3.89. The lowest BCUT2D eigenvalue weighted by atomic mass is 9.80. The molecule has 3 rings (SSSR count). The molecule has 0 amide bonds. The van der Waals surface area contributed by atoms with Crippen molar-refractivity contribution in [3.8, 4) is 11.5 Å². The summed E-state index contributed by atoms with van der Waals surface area (Å²) < 4.78 is 11.3. The van der Waals surface area contributed by atoms with E-state index in [1.54, 1.807) is 7.11 Å². The minimum atomic E-state index is -0.140. The minimum Gasteiger partial charge on any atom is -0.497 e. The molecular formula is C18H20O2. The summed E-state index contributed by atoms with van der Waals surface area (Å²) in [6.45, 7) is 4.30. The molecule has 2 aromatic rings. The number of fused-ring (bicyclic) bond motifs is 1. The highest BCUT2D eigenvalue weighted by Gasteiger charge is 2.34. The Labute approximate surface area is 120 Å². The smallest absolute Gasteiger partial charge is 0.123 e. The van der Waals surface area contributed by atoms with Gasteiger partial charge >= 0.3 is 0 Å².